The van der Waals surface area contributed by atoms with Crippen molar-refractivity contribution in [2.24, 2.45) is 0 Å². The molecule has 0 amide bonds. The third kappa shape index (κ3) is 4.75. The van der Waals surface area contributed by atoms with E-state index in [-0.39, 0.29) is 12.1 Å². The predicted octanol–water partition coefficient (Wildman–Crippen LogP) is 1.09. The molecule has 0 saturated carbocycles. The fourth-order valence-corrected chi connectivity index (χ4v) is 1.49. The molecular weight excluding hydrogens is 230 g/mol. The van der Waals surface area contributed by atoms with E-state index in [9.17, 15) is 5.11 Å². The zero-order valence-electron chi connectivity index (χ0n) is 11.3. The Morgan fingerprint density at radius 1 is 1.50 bits per heavy atom. The van der Waals surface area contributed by atoms with Gasteiger partial charge < -0.3 is 21.1 Å². The zero-order valence-corrected chi connectivity index (χ0v) is 11.3. The van der Waals surface area contributed by atoms with Gasteiger partial charge in [0.05, 0.1) is 6.10 Å². The number of aliphatic hydroxyl groups is 1. The molecule has 0 aliphatic rings. The van der Waals surface area contributed by atoms with Crippen LogP contribution in [0.1, 0.15) is 26.7 Å². The summed E-state index contributed by atoms with van der Waals surface area (Å²) in [4.78, 5) is 10.3. The fourth-order valence-electron chi connectivity index (χ4n) is 1.49. The van der Waals surface area contributed by atoms with Crippen LogP contribution in [-0.2, 0) is 0 Å². The van der Waals surface area contributed by atoms with Crippen LogP contribution in [0.4, 0.5) is 17.6 Å². The second-order valence-electron chi connectivity index (χ2n) is 4.46. The zero-order chi connectivity index (χ0) is 13.5. The van der Waals surface area contributed by atoms with Gasteiger partial charge in [0.15, 0.2) is 0 Å². The molecule has 0 aliphatic carbocycles. The van der Waals surface area contributed by atoms with E-state index >= 15 is 0 Å². The summed E-state index contributed by atoms with van der Waals surface area (Å²) in [5.74, 6) is 1.76. The summed E-state index contributed by atoms with van der Waals surface area (Å²) < 4.78 is 0. The fraction of sp³-hybridized carbons (Fsp3) is 0.667. The van der Waals surface area contributed by atoms with Gasteiger partial charge in [-0.2, -0.15) is 9.97 Å². The third-order valence-corrected chi connectivity index (χ3v) is 2.56. The Labute approximate surface area is 108 Å². The van der Waals surface area contributed by atoms with E-state index in [2.05, 4.69) is 22.2 Å². The summed E-state index contributed by atoms with van der Waals surface area (Å²) in [5, 5.41) is 12.5. The van der Waals surface area contributed by atoms with Crippen LogP contribution in [0.25, 0.3) is 0 Å². The average molecular weight is 253 g/mol. The van der Waals surface area contributed by atoms with Crippen LogP contribution in [-0.4, -0.2) is 41.3 Å². The molecule has 6 nitrogen and oxygen atoms in total. The molecule has 6 heteroatoms. The minimum atomic E-state index is -0.315. The van der Waals surface area contributed by atoms with Crippen LogP contribution in [0.5, 0.6) is 0 Å². The molecule has 0 fully saturated rings. The van der Waals surface area contributed by atoms with E-state index in [1.807, 2.05) is 18.0 Å². The largest absolute Gasteiger partial charge is 0.393 e. The van der Waals surface area contributed by atoms with Crippen LogP contribution in [0, 0.1) is 0 Å². The van der Waals surface area contributed by atoms with E-state index in [4.69, 9.17) is 5.73 Å². The molecule has 0 saturated heterocycles. The lowest BCUT2D eigenvalue weighted by Gasteiger charge is -2.19. The lowest BCUT2D eigenvalue weighted by atomic mass is 10.3. The number of nitrogens with zero attached hydrogens (tertiary/aromatic N) is 3. The van der Waals surface area contributed by atoms with Crippen molar-refractivity contribution in [1.82, 2.24) is 9.97 Å². The van der Waals surface area contributed by atoms with Gasteiger partial charge in [-0.1, -0.05) is 6.92 Å². The smallest absolute Gasteiger partial charge is 0.223 e. The van der Waals surface area contributed by atoms with Gasteiger partial charge in [-0.15, -0.1) is 0 Å². The minimum Gasteiger partial charge on any atom is -0.393 e. The van der Waals surface area contributed by atoms with Crippen molar-refractivity contribution in [3.63, 3.8) is 0 Å². The van der Waals surface area contributed by atoms with Crippen molar-refractivity contribution in [2.75, 3.05) is 36.1 Å². The maximum atomic E-state index is 9.28. The van der Waals surface area contributed by atoms with Crippen LogP contribution in [0.15, 0.2) is 6.07 Å². The highest BCUT2D eigenvalue weighted by Gasteiger charge is 2.07. The Kier molecular flexibility index (Phi) is 5.64. The maximum absolute atomic E-state index is 9.28. The normalized spacial score (nSPS) is 12.2. The lowest BCUT2D eigenvalue weighted by molar-refractivity contribution is 0.187. The van der Waals surface area contributed by atoms with Crippen molar-refractivity contribution < 1.29 is 5.11 Å². The van der Waals surface area contributed by atoms with Crippen LogP contribution in [0.3, 0.4) is 0 Å². The first kappa shape index (κ1) is 14.5. The van der Waals surface area contributed by atoms with E-state index in [0.29, 0.717) is 6.42 Å². The first-order valence-electron chi connectivity index (χ1n) is 6.30. The van der Waals surface area contributed by atoms with Gasteiger partial charge >= 0.3 is 0 Å². The Balaban J connectivity index is 2.71. The molecule has 1 heterocycles. The highest BCUT2D eigenvalue weighted by molar-refractivity contribution is 5.52. The number of nitrogens with one attached hydrogen (secondary N) is 1. The average Bonchev–Trinajstić information content (AvgIpc) is 2.32. The van der Waals surface area contributed by atoms with Crippen molar-refractivity contribution in [3.05, 3.63) is 6.07 Å². The van der Waals surface area contributed by atoms with Gasteiger partial charge in [-0.25, -0.2) is 0 Å². The molecule has 0 aromatic carbocycles. The summed E-state index contributed by atoms with van der Waals surface area (Å²) in [6.07, 6.45) is 1.40. The Morgan fingerprint density at radius 2 is 2.22 bits per heavy atom. The second kappa shape index (κ2) is 7.00. The van der Waals surface area contributed by atoms with Crippen molar-refractivity contribution >= 4 is 17.6 Å². The topological polar surface area (TPSA) is 87.3 Å². The molecule has 0 spiro atoms. The van der Waals surface area contributed by atoms with Crippen molar-refractivity contribution in [1.29, 1.82) is 0 Å². The van der Waals surface area contributed by atoms with Gasteiger partial charge in [0, 0.05) is 26.2 Å². The molecule has 1 atom stereocenters. The van der Waals surface area contributed by atoms with Gasteiger partial charge in [0.1, 0.15) is 11.6 Å². The number of anilines is 3. The summed E-state index contributed by atoms with van der Waals surface area (Å²) in [6.45, 7) is 5.44. The molecular formula is C12H23N5O. The number of hydrogen-bond acceptors (Lipinski definition) is 6. The first-order valence-corrected chi connectivity index (χ1v) is 6.30. The summed E-state index contributed by atoms with van der Waals surface area (Å²) >= 11 is 0. The van der Waals surface area contributed by atoms with E-state index in [0.717, 1.165) is 31.1 Å². The molecule has 4 N–H and O–H groups in total. The van der Waals surface area contributed by atoms with Gasteiger partial charge in [-0.05, 0) is 19.8 Å². The highest BCUT2D eigenvalue weighted by Crippen LogP contribution is 2.16. The number of nitrogens with two attached hydrogens (primary N) is 1. The van der Waals surface area contributed by atoms with Crippen molar-refractivity contribution in [3.8, 4) is 0 Å². The Bertz CT molecular complexity index is 369. The third-order valence-electron chi connectivity index (χ3n) is 2.56. The van der Waals surface area contributed by atoms with Gasteiger partial charge in [0.25, 0.3) is 0 Å². The maximum Gasteiger partial charge on any atom is 0.223 e. The molecule has 0 radical (unpaired) electrons. The number of aromatic nitrogens is 2. The Morgan fingerprint density at radius 3 is 2.83 bits per heavy atom. The number of nitrogen functional groups attached to an aromatic ring is 1. The molecule has 18 heavy (non-hydrogen) atoms. The Hall–Kier alpha value is -1.56. The van der Waals surface area contributed by atoms with Gasteiger partial charge in [0.2, 0.25) is 5.95 Å². The lowest BCUT2D eigenvalue weighted by Crippen LogP contribution is -2.23. The number of rotatable bonds is 7. The van der Waals surface area contributed by atoms with Crippen molar-refractivity contribution in [2.45, 2.75) is 32.8 Å². The van der Waals surface area contributed by atoms with Crippen LogP contribution < -0.4 is 16.0 Å². The van der Waals surface area contributed by atoms with Gasteiger partial charge in [-0.3, -0.25) is 0 Å². The molecule has 1 rings (SSSR count). The monoisotopic (exact) mass is 253 g/mol. The second-order valence-corrected chi connectivity index (χ2v) is 4.46. The van der Waals surface area contributed by atoms with Crippen LogP contribution in [0.2, 0.25) is 0 Å². The number of hydrogen-bond donors (Lipinski definition) is 3. The molecule has 0 aliphatic heterocycles. The predicted molar refractivity (Wildman–Crippen MR) is 74.8 cm³/mol. The minimum absolute atomic E-state index is 0.259. The highest BCUT2D eigenvalue weighted by atomic mass is 16.3. The summed E-state index contributed by atoms with van der Waals surface area (Å²) in [6, 6.07) is 1.87. The molecule has 0 bridgehead atoms. The summed E-state index contributed by atoms with van der Waals surface area (Å²) in [7, 11) is 1.92. The quantitative estimate of drug-likeness (QED) is 0.674. The van der Waals surface area contributed by atoms with E-state index in [1.54, 1.807) is 6.92 Å². The van der Waals surface area contributed by atoms with E-state index in [1.165, 1.54) is 0 Å². The molecule has 1 unspecified atom stereocenters. The molecule has 1 aromatic rings. The van der Waals surface area contributed by atoms with E-state index < -0.39 is 0 Å². The summed E-state index contributed by atoms with van der Waals surface area (Å²) in [5.41, 5.74) is 5.69. The SMILES string of the molecule is CCCNc1cc(N(C)CCC(C)O)nc(N)n1. The molecule has 1 aromatic heterocycles. The number of aliphatic hydroxyl groups excluding tert-OH is 1. The standard InChI is InChI=1S/C12H23N5O/c1-4-6-14-10-8-11(16-12(13)15-10)17(3)7-5-9(2)18/h8-9,18H,4-7H2,1-3H3,(H3,13,14,15,16). The first-order chi connectivity index (χ1) is 8.52. The van der Waals surface area contributed by atoms with Crippen LogP contribution >= 0.6 is 0 Å². The molecule has 102 valence electrons.